The maximum absolute atomic E-state index is 15.2. The molecular formula is C29H40F4N6O5S. The summed E-state index contributed by atoms with van der Waals surface area (Å²) < 4.78 is 93.0. The summed E-state index contributed by atoms with van der Waals surface area (Å²) in [5.41, 5.74) is -1.56. The lowest BCUT2D eigenvalue weighted by atomic mass is 9.95. The Bertz CT molecular complexity index is 1450. The first-order valence-corrected chi connectivity index (χ1v) is 16.6. The van der Waals surface area contributed by atoms with Crippen LogP contribution in [-0.2, 0) is 27.4 Å². The number of likely N-dealkylation sites (tertiary alicyclic amines) is 1. The second-order valence-corrected chi connectivity index (χ2v) is 13.6. The standard InChI is InChI=1S/C29H40F4N6O5S/c1-38(45(4,41)42)25-7-5-6-18(25)14-23-21(29(31,32)33)17-34-28(36-23)37-24-16-22(30)20(15-26(24)44-3)27(40)35-19-8-10-39(11-9-19)12-13-43-2/h15-19,25H,5-14H2,1-4H3,(H,35,40)(H,34,36,37)/t18-,25+/m0/s1. The number of anilines is 2. The monoisotopic (exact) mass is 660 g/mol. The number of rotatable bonds is 12. The summed E-state index contributed by atoms with van der Waals surface area (Å²) in [6.45, 7) is 2.95. The summed E-state index contributed by atoms with van der Waals surface area (Å²) in [7, 11) is 0.824. The molecule has 45 heavy (non-hydrogen) atoms. The Morgan fingerprint density at radius 2 is 1.87 bits per heavy atom. The number of benzene rings is 1. The van der Waals surface area contributed by atoms with E-state index in [0.29, 0.717) is 44.9 Å². The number of alkyl halides is 3. The van der Waals surface area contributed by atoms with E-state index >= 15 is 4.39 Å². The summed E-state index contributed by atoms with van der Waals surface area (Å²) in [6.07, 6.45) is -0.0416. The first kappa shape index (κ1) is 34.8. The Morgan fingerprint density at radius 1 is 1.16 bits per heavy atom. The molecule has 0 unspecified atom stereocenters. The average molecular weight is 661 g/mol. The van der Waals surface area contributed by atoms with Crippen LogP contribution in [0.1, 0.15) is 53.7 Å². The van der Waals surface area contributed by atoms with E-state index in [9.17, 15) is 26.4 Å². The van der Waals surface area contributed by atoms with E-state index in [2.05, 4.69) is 25.5 Å². The van der Waals surface area contributed by atoms with Crippen molar-refractivity contribution in [3.05, 3.63) is 41.0 Å². The number of nitrogens with zero attached hydrogens (tertiary/aromatic N) is 4. The summed E-state index contributed by atoms with van der Waals surface area (Å²) in [5, 5.41) is 5.60. The van der Waals surface area contributed by atoms with E-state index in [1.54, 1.807) is 7.11 Å². The van der Waals surface area contributed by atoms with Crippen LogP contribution in [0.2, 0.25) is 0 Å². The van der Waals surface area contributed by atoms with Crippen molar-refractivity contribution >= 4 is 27.6 Å². The Labute approximate surface area is 260 Å². The van der Waals surface area contributed by atoms with Crippen LogP contribution < -0.4 is 15.4 Å². The van der Waals surface area contributed by atoms with Gasteiger partial charge in [-0.2, -0.15) is 13.2 Å². The molecule has 2 aromatic rings. The van der Waals surface area contributed by atoms with Gasteiger partial charge in [-0.3, -0.25) is 4.79 Å². The third-order valence-electron chi connectivity index (χ3n) is 8.55. The quantitative estimate of drug-likeness (QED) is 0.327. The molecule has 1 amide bonds. The van der Waals surface area contributed by atoms with Crippen molar-refractivity contribution in [2.75, 3.05) is 59.1 Å². The van der Waals surface area contributed by atoms with Crippen LogP contribution in [0, 0.1) is 11.7 Å². The highest BCUT2D eigenvalue weighted by Gasteiger charge is 2.39. The van der Waals surface area contributed by atoms with Gasteiger partial charge in [0.15, 0.2) is 0 Å². The molecule has 1 aromatic heterocycles. The van der Waals surface area contributed by atoms with Crippen LogP contribution in [0.5, 0.6) is 5.75 Å². The van der Waals surface area contributed by atoms with Gasteiger partial charge in [-0.25, -0.2) is 27.1 Å². The van der Waals surface area contributed by atoms with Gasteiger partial charge in [0.1, 0.15) is 11.6 Å². The number of halogens is 4. The van der Waals surface area contributed by atoms with Crippen LogP contribution in [0.15, 0.2) is 18.3 Å². The van der Waals surface area contributed by atoms with Crippen molar-refractivity contribution in [3.8, 4) is 5.75 Å². The minimum absolute atomic E-state index is 0.0132. The zero-order chi connectivity index (χ0) is 32.9. The smallest absolute Gasteiger partial charge is 0.419 e. The summed E-state index contributed by atoms with van der Waals surface area (Å²) in [5.74, 6) is -2.04. The highest BCUT2D eigenvalue weighted by molar-refractivity contribution is 7.88. The SMILES string of the molecule is COCCN1CCC(NC(=O)c2cc(OC)c(Nc3ncc(C(F)(F)F)c(C[C@@H]4CCC[C@H]4N(C)S(C)(=O)=O)n3)cc2F)CC1. The van der Waals surface area contributed by atoms with Crippen LogP contribution in [0.3, 0.4) is 0 Å². The Kier molecular flexibility index (Phi) is 11.3. The Balaban J connectivity index is 1.52. The summed E-state index contributed by atoms with van der Waals surface area (Å²) >= 11 is 0. The first-order chi connectivity index (χ1) is 21.2. The van der Waals surface area contributed by atoms with Gasteiger partial charge >= 0.3 is 6.18 Å². The van der Waals surface area contributed by atoms with Crippen molar-refractivity contribution in [1.82, 2.24) is 24.5 Å². The number of amides is 1. The molecular weight excluding hydrogens is 620 g/mol. The van der Waals surface area contributed by atoms with Crippen molar-refractivity contribution in [2.45, 2.75) is 56.8 Å². The molecule has 2 heterocycles. The molecule has 2 fully saturated rings. The number of ether oxygens (including phenoxy) is 2. The highest BCUT2D eigenvalue weighted by Crippen LogP contribution is 2.38. The predicted octanol–water partition coefficient (Wildman–Crippen LogP) is 3.83. The molecule has 0 radical (unpaired) electrons. The van der Waals surface area contributed by atoms with E-state index < -0.39 is 45.4 Å². The molecule has 250 valence electrons. The molecule has 1 saturated carbocycles. The number of hydrogen-bond donors (Lipinski definition) is 2. The van der Waals surface area contributed by atoms with E-state index in [1.807, 2.05) is 0 Å². The topological polar surface area (TPSA) is 126 Å². The van der Waals surface area contributed by atoms with Gasteiger partial charge in [0.25, 0.3) is 5.91 Å². The number of piperidine rings is 1. The number of hydrogen-bond acceptors (Lipinski definition) is 9. The maximum atomic E-state index is 15.2. The molecule has 1 aliphatic heterocycles. The lowest BCUT2D eigenvalue weighted by Crippen LogP contribution is -2.45. The lowest BCUT2D eigenvalue weighted by Gasteiger charge is -2.32. The fraction of sp³-hybridized carbons (Fsp3) is 0.621. The molecule has 2 aliphatic rings. The molecule has 0 bridgehead atoms. The van der Waals surface area contributed by atoms with Crippen LogP contribution >= 0.6 is 0 Å². The van der Waals surface area contributed by atoms with Gasteiger partial charge in [-0.05, 0) is 44.1 Å². The number of carbonyl (C=O) groups is 1. The van der Waals surface area contributed by atoms with Crippen molar-refractivity contribution < 1.29 is 40.2 Å². The van der Waals surface area contributed by atoms with Crippen LogP contribution in [-0.4, -0.2) is 99.3 Å². The first-order valence-electron chi connectivity index (χ1n) is 14.7. The van der Waals surface area contributed by atoms with Gasteiger partial charge in [-0.1, -0.05) is 6.42 Å². The van der Waals surface area contributed by atoms with Crippen molar-refractivity contribution in [2.24, 2.45) is 5.92 Å². The molecule has 1 aliphatic carbocycles. The van der Waals surface area contributed by atoms with Gasteiger partial charge in [0, 0.05) is 58.1 Å². The number of sulfonamides is 1. The number of carbonyl (C=O) groups excluding carboxylic acids is 1. The Hall–Kier alpha value is -3.08. The van der Waals surface area contributed by atoms with Gasteiger partial charge in [0.2, 0.25) is 16.0 Å². The van der Waals surface area contributed by atoms with Gasteiger partial charge in [0.05, 0.1) is 42.5 Å². The van der Waals surface area contributed by atoms with E-state index in [-0.39, 0.29) is 41.1 Å². The molecule has 4 rings (SSSR count). The van der Waals surface area contributed by atoms with Gasteiger partial charge < -0.3 is 25.0 Å². The Morgan fingerprint density at radius 3 is 2.49 bits per heavy atom. The summed E-state index contributed by atoms with van der Waals surface area (Å²) in [6, 6.07) is 1.63. The average Bonchev–Trinajstić information content (AvgIpc) is 3.43. The zero-order valence-electron chi connectivity index (χ0n) is 25.8. The minimum atomic E-state index is -4.75. The number of aromatic nitrogens is 2. The van der Waals surface area contributed by atoms with E-state index in [0.717, 1.165) is 32.0 Å². The lowest BCUT2D eigenvalue weighted by molar-refractivity contribution is -0.138. The number of nitrogens with one attached hydrogen (secondary N) is 2. The normalized spacial score (nSPS) is 20.0. The second-order valence-electron chi connectivity index (χ2n) is 11.5. The molecule has 2 N–H and O–H groups in total. The molecule has 1 saturated heterocycles. The van der Waals surface area contributed by atoms with Crippen molar-refractivity contribution in [1.29, 1.82) is 0 Å². The minimum Gasteiger partial charge on any atom is -0.495 e. The molecule has 11 nitrogen and oxygen atoms in total. The third kappa shape index (κ3) is 8.80. The maximum Gasteiger partial charge on any atom is 0.419 e. The zero-order valence-corrected chi connectivity index (χ0v) is 26.6. The molecule has 16 heteroatoms. The molecule has 0 spiro atoms. The van der Waals surface area contributed by atoms with Crippen molar-refractivity contribution in [3.63, 3.8) is 0 Å². The largest absolute Gasteiger partial charge is 0.495 e. The number of methoxy groups -OCH3 is 2. The van der Waals surface area contributed by atoms with Crippen LogP contribution in [0.25, 0.3) is 0 Å². The van der Waals surface area contributed by atoms with Crippen LogP contribution in [0.4, 0.5) is 29.2 Å². The second kappa shape index (κ2) is 14.6. The fourth-order valence-electron chi connectivity index (χ4n) is 6.00. The molecule has 2 atom stereocenters. The third-order valence-corrected chi connectivity index (χ3v) is 9.87. The van der Waals surface area contributed by atoms with Gasteiger partial charge in [-0.15, -0.1) is 0 Å². The van der Waals surface area contributed by atoms with E-state index in [1.165, 1.54) is 24.5 Å². The summed E-state index contributed by atoms with van der Waals surface area (Å²) in [4.78, 5) is 23.2. The highest BCUT2D eigenvalue weighted by atomic mass is 32.2. The predicted molar refractivity (Wildman–Crippen MR) is 160 cm³/mol. The molecule has 1 aromatic carbocycles. The van der Waals surface area contributed by atoms with E-state index in [4.69, 9.17) is 9.47 Å². The fourth-order valence-corrected chi connectivity index (χ4v) is 6.77.